The van der Waals surface area contributed by atoms with Gasteiger partial charge in [0.2, 0.25) is 5.95 Å². The molecule has 2 saturated carbocycles. The predicted molar refractivity (Wildman–Crippen MR) is 132 cm³/mol. The van der Waals surface area contributed by atoms with Crippen LogP contribution in [0.5, 0.6) is 0 Å². The first-order chi connectivity index (χ1) is 15.8. The van der Waals surface area contributed by atoms with Crippen LogP contribution in [0.1, 0.15) is 52.4 Å². The Hall–Kier alpha value is -1.96. The van der Waals surface area contributed by atoms with Crippen molar-refractivity contribution >= 4 is 23.1 Å². The third-order valence-corrected chi connectivity index (χ3v) is 7.13. The number of hydrogen-bond donors (Lipinski definition) is 3. The Kier molecular flexibility index (Phi) is 7.72. The van der Waals surface area contributed by atoms with Crippen LogP contribution >= 0.6 is 11.6 Å². The van der Waals surface area contributed by atoms with Crippen LogP contribution in [-0.4, -0.2) is 48.4 Å². The van der Waals surface area contributed by atoms with Gasteiger partial charge in [0.1, 0.15) is 5.82 Å². The summed E-state index contributed by atoms with van der Waals surface area (Å²) in [6, 6.07) is 4.98. The molecule has 8 heteroatoms. The average molecular weight is 476 g/mol. The molecule has 0 aliphatic heterocycles. The number of nitrogens with zero attached hydrogens (tertiary/aromatic N) is 2. The number of hydrogen-bond acceptors (Lipinski definition) is 6. The molecule has 0 saturated heterocycles. The van der Waals surface area contributed by atoms with Crippen molar-refractivity contribution in [2.24, 2.45) is 5.41 Å². The molecule has 2 heterocycles. The second kappa shape index (κ2) is 10.5. The number of pyridine rings is 2. The van der Waals surface area contributed by atoms with Gasteiger partial charge in [-0.2, -0.15) is 4.39 Å². The number of ether oxygens (including phenoxy) is 1. The van der Waals surface area contributed by atoms with E-state index in [1.54, 1.807) is 19.4 Å². The number of aromatic nitrogens is 2. The lowest BCUT2D eigenvalue weighted by molar-refractivity contribution is 0.161. The lowest BCUT2D eigenvalue weighted by Gasteiger charge is -2.32. The summed E-state index contributed by atoms with van der Waals surface area (Å²) in [7, 11) is 1.74. The first-order valence-electron chi connectivity index (χ1n) is 11.9. The van der Waals surface area contributed by atoms with Crippen LogP contribution in [0.4, 0.5) is 15.9 Å². The van der Waals surface area contributed by atoms with Crippen molar-refractivity contribution in [2.75, 3.05) is 30.9 Å². The highest BCUT2D eigenvalue weighted by Crippen LogP contribution is 2.45. The topological polar surface area (TPSA) is 71.1 Å². The third kappa shape index (κ3) is 6.55. The normalized spacial score (nSPS) is 22.6. The van der Waals surface area contributed by atoms with E-state index in [4.69, 9.17) is 16.3 Å². The van der Waals surface area contributed by atoms with Crippen molar-refractivity contribution in [3.63, 3.8) is 0 Å². The molecule has 6 nitrogen and oxygen atoms in total. The van der Waals surface area contributed by atoms with Crippen LogP contribution in [-0.2, 0) is 4.74 Å². The maximum absolute atomic E-state index is 14.3. The van der Waals surface area contributed by atoms with Gasteiger partial charge < -0.3 is 20.7 Å². The fraction of sp³-hybridized carbons (Fsp3) is 0.600. The first-order valence-corrected chi connectivity index (χ1v) is 12.3. The summed E-state index contributed by atoms with van der Waals surface area (Å²) < 4.78 is 19.5. The molecule has 180 valence electrons. The molecule has 0 radical (unpaired) electrons. The number of anilines is 2. The van der Waals surface area contributed by atoms with Crippen molar-refractivity contribution < 1.29 is 9.13 Å². The molecular weight excluding hydrogens is 441 g/mol. The van der Waals surface area contributed by atoms with Gasteiger partial charge in [-0.25, -0.2) is 9.97 Å². The van der Waals surface area contributed by atoms with Gasteiger partial charge in [-0.1, -0.05) is 18.5 Å². The van der Waals surface area contributed by atoms with Gasteiger partial charge >= 0.3 is 0 Å². The highest BCUT2D eigenvalue weighted by atomic mass is 35.5. The Bertz CT molecular complexity index is 946. The molecule has 33 heavy (non-hydrogen) atoms. The summed E-state index contributed by atoms with van der Waals surface area (Å²) in [5.74, 6) is 0.291. The smallest absolute Gasteiger partial charge is 0.236 e. The number of halogens is 2. The van der Waals surface area contributed by atoms with E-state index in [1.807, 2.05) is 6.07 Å². The fourth-order valence-electron chi connectivity index (χ4n) is 4.47. The molecule has 3 N–H and O–H groups in total. The van der Waals surface area contributed by atoms with Gasteiger partial charge in [0.25, 0.3) is 0 Å². The van der Waals surface area contributed by atoms with E-state index in [-0.39, 0.29) is 5.41 Å². The second-order valence-corrected chi connectivity index (χ2v) is 10.4. The molecule has 4 rings (SSSR count). The molecule has 2 aliphatic rings. The van der Waals surface area contributed by atoms with E-state index in [2.05, 4.69) is 39.8 Å². The summed E-state index contributed by atoms with van der Waals surface area (Å²) in [5.41, 5.74) is 2.25. The Morgan fingerprint density at radius 1 is 1.15 bits per heavy atom. The van der Waals surface area contributed by atoms with E-state index in [0.717, 1.165) is 55.8 Å². The summed E-state index contributed by atoms with van der Waals surface area (Å²) in [6.07, 6.45) is 9.89. The molecule has 2 aromatic rings. The summed E-state index contributed by atoms with van der Waals surface area (Å²) in [5, 5.41) is 11.0. The maximum Gasteiger partial charge on any atom is 0.236 e. The largest absolute Gasteiger partial charge is 0.383 e. The zero-order chi connectivity index (χ0) is 23.4. The monoisotopic (exact) mass is 475 g/mol. The molecule has 2 aliphatic carbocycles. The molecule has 0 unspecified atom stereocenters. The Morgan fingerprint density at radius 2 is 1.88 bits per heavy atom. The minimum atomic E-state index is -0.489. The Labute approximate surface area is 201 Å². The van der Waals surface area contributed by atoms with Crippen molar-refractivity contribution in [3.05, 3.63) is 35.5 Å². The van der Waals surface area contributed by atoms with E-state index >= 15 is 0 Å². The van der Waals surface area contributed by atoms with Gasteiger partial charge in [0, 0.05) is 55.3 Å². The van der Waals surface area contributed by atoms with Gasteiger partial charge in [-0.3, -0.25) is 0 Å². The summed E-state index contributed by atoms with van der Waals surface area (Å²) in [6.45, 7) is 5.83. The fourth-order valence-corrected chi connectivity index (χ4v) is 4.68. The highest BCUT2D eigenvalue weighted by Gasteiger charge is 2.37. The first kappa shape index (κ1) is 24.2. The van der Waals surface area contributed by atoms with Crippen LogP contribution in [0, 0.1) is 11.4 Å². The predicted octanol–water partition coefficient (Wildman–Crippen LogP) is 5.50. The van der Waals surface area contributed by atoms with Crippen molar-refractivity contribution in [2.45, 2.75) is 70.5 Å². The lowest BCUT2D eigenvalue weighted by atomic mass is 9.90. The minimum Gasteiger partial charge on any atom is -0.383 e. The molecule has 2 aromatic heterocycles. The van der Waals surface area contributed by atoms with E-state index in [1.165, 1.54) is 19.0 Å². The lowest BCUT2D eigenvalue weighted by Crippen LogP contribution is -2.42. The van der Waals surface area contributed by atoms with Gasteiger partial charge in [-0.15, -0.1) is 0 Å². The zero-order valence-electron chi connectivity index (χ0n) is 19.8. The minimum absolute atomic E-state index is 0.268. The van der Waals surface area contributed by atoms with Crippen LogP contribution in [0.2, 0.25) is 5.02 Å². The molecule has 1 atom stereocenters. The van der Waals surface area contributed by atoms with Gasteiger partial charge in [-0.05, 0) is 63.0 Å². The molecule has 0 spiro atoms. The summed E-state index contributed by atoms with van der Waals surface area (Å²) >= 11 is 6.47. The van der Waals surface area contributed by atoms with Crippen LogP contribution in [0.25, 0.3) is 11.1 Å². The quantitative estimate of drug-likeness (QED) is 0.394. The SMILES string of the molecule is COC[C@@H](C)N[C@H]1CC[C@H](Nc2cc(-c3cnc(F)c(NCC4(C)CC4)c3)c(Cl)cn2)CC1. The van der Waals surface area contributed by atoms with Crippen LogP contribution in [0.15, 0.2) is 24.5 Å². The van der Waals surface area contributed by atoms with Crippen LogP contribution in [0.3, 0.4) is 0 Å². The molecule has 0 amide bonds. The highest BCUT2D eigenvalue weighted by molar-refractivity contribution is 6.33. The molecule has 0 bridgehead atoms. The second-order valence-electron chi connectivity index (χ2n) is 9.99. The summed E-state index contributed by atoms with van der Waals surface area (Å²) in [4.78, 5) is 8.45. The molecule has 2 fully saturated rings. The standard InChI is InChI=1S/C25H35ClFN5O/c1-16(14-33-3)31-18-4-6-19(7-5-18)32-23-11-20(21(26)13-28-23)17-10-22(24(27)29-12-17)30-15-25(2)8-9-25/h10-13,16,18-19,30-31H,4-9,14-15H2,1-3H3,(H,28,32)/t16-,18-,19-/m1/s1. The van der Waals surface area contributed by atoms with E-state index in [9.17, 15) is 4.39 Å². The number of methoxy groups -OCH3 is 1. The Balaban J connectivity index is 1.39. The van der Waals surface area contributed by atoms with E-state index < -0.39 is 5.95 Å². The van der Waals surface area contributed by atoms with Gasteiger partial charge in [0.15, 0.2) is 0 Å². The van der Waals surface area contributed by atoms with Gasteiger partial charge in [0.05, 0.1) is 17.3 Å². The molecular formula is C25H35ClFN5O. The Morgan fingerprint density at radius 3 is 2.58 bits per heavy atom. The van der Waals surface area contributed by atoms with Crippen LogP contribution < -0.4 is 16.0 Å². The van der Waals surface area contributed by atoms with Crippen molar-refractivity contribution in [1.29, 1.82) is 0 Å². The maximum atomic E-state index is 14.3. The number of nitrogens with one attached hydrogen (secondary N) is 3. The van der Waals surface area contributed by atoms with Crippen molar-refractivity contribution in [1.82, 2.24) is 15.3 Å². The molecule has 0 aromatic carbocycles. The number of rotatable bonds is 10. The van der Waals surface area contributed by atoms with Crippen molar-refractivity contribution in [3.8, 4) is 11.1 Å². The average Bonchev–Trinajstić information content (AvgIpc) is 3.53. The van der Waals surface area contributed by atoms with E-state index in [0.29, 0.717) is 28.8 Å². The third-order valence-electron chi connectivity index (χ3n) is 6.83. The zero-order valence-corrected chi connectivity index (χ0v) is 20.5.